The summed E-state index contributed by atoms with van der Waals surface area (Å²) in [5, 5.41) is 0.965. The molecule has 0 aliphatic carbocycles. The number of nitrogens with zero attached hydrogens (tertiary/aromatic N) is 3. The molecule has 2 rings (SSSR count). The minimum atomic E-state index is 0.398. The first-order valence-corrected chi connectivity index (χ1v) is 4.60. The smallest absolute Gasteiger partial charge is 0.133 e. The van der Waals surface area contributed by atoms with E-state index in [1.165, 1.54) is 6.33 Å². The molecule has 0 saturated heterocycles. The molecule has 0 amide bonds. The molecule has 0 atom stereocenters. The van der Waals surface area contributed by atoms with Crippen LogP contribution in [0.5, 0.6) is 0 Å². The van der Waals surface area contributed by atoms with Crippen molar-refractivity contribution in [3.8, 4) is 11.3 Å². The highest BCUT2D eigenvalue weighted by Crippen LogP contribution is 2.20. The van der Waals surface area contributed by atoms with Gasteiger partial charge in [-0.3, -0.25) is 4.98 Å². The van der Waals surface area contributed by atoms with Crippen molar-refractivity contribution >= 4 is 23.2 Å². The van der Waals surface area contributed by atoms with Crippen LogP contribution in [0.25, 0.3) is 11.3 Å². The van der Waals surface area contributed by atoms with Crippen LogP contribution >= 0.6 is 23.2 Å². The van der Waals surface area contributed by atoms with Crippen molar-refractivity contribution < 1.29 is 0 Å². The van der Waals surface area contributed by atoms with Gasteiger partial charge in [0.05, 0.1) is 10.7 Å². The molecule has 0 saturated carbocycles. The van der Waals surface area contributed by atoms with Crippen molar-refractivity contribution in [2.75, 3.05) is 0 Å². The van der Waals surface area contributed by atoms with Crippen LogP contribution in [0.15, 0.2) is 30.9 Å². The molecule has 0 fully saturated rings. The Labute approximate surface area is 90.8 Å². The molecule has 0 N–H and O–H groups in total. The molecule has 0 aliphatic rings. The summed E-state index contributed by atoms with van der Waals surface area (Å²) in [6, 6.07) is 3.43. The fourth-order valence-corrected chi connectivity index (χ4v) is 1.36. The van der Waals surface area contributed by atoms with Crippen LogP contribution in [-0.4, -0.2) is 15.0 Å². The third-order valence-corrected chi connectivity index (χ3v) is 2.05. The Bertz CT molecular complexity index is 416. The number of halogens is 2. The molecule has 0 aromatic carbocycles. The highest BCUT2D eigenvalue weighted by molar-refractivity contribution is 6.30. The molecule has 0 unspecified atom stereocenters. The van der Waals surface area contributed by atoms with E-state index in [-0.39, 0.29) is 0 Å². The van der Waals surface area contributed by atoms with E-state index < -0.39 is 0 Å². The Morgan fingerprint density at radius 2 is 1.86 bits per heavy atom. The second-order valence-corrected chi connectivity index (χ2v) is 3.44. The van der Waals surface area contributed by atoms with E-state index in [1.807, 2.05) is 0 Å². The van der Waals surface area contributed by atoms with Gasteiger partial charge in [0.25, 0.3) is 0 Å². The molecule has 14 heavy (non-hydrogen) atoms. The molecule has 2 aromatic heterocycles. The molecule has 2 aromatic rings. The van der Waals surface area contributed by atoms with Crippen LogP contribution in [0.4, 0.5) is 0 Å². The summed E-state index contributed by atoms with van der Waals surface area (Å²) >= 11 is 11.5. The summed E-state index contributed by atoms with van der Waals surface area (Å²) < 4.78 is 0. The van der Waals surface area contributed by atoms with Gasteiger partial charge in [-0.05, 0) is 6.07 Å². The van der Waals surface area contributed by atoms with E-state index in [2.05, 4.69) is 15.0 Å². The molecule has 0 spiro atoms. The zero-order valence-corrected chi connectivity index (χ0v) is 8.50. The summed E-state index contributed by atoms with van der Waals surface area (Å²) in [6.45, 7) is 0. The first-order valence-electron chi connectivity index (χ1n) is 3.84. The molecule has 0 bridgehead atoms. The van der Waals surface area contributed by atoms with Gasteiger partial charge >= 0.3 is 0 Å². The standard InChI is InChI=1S/C9H5Cl2N3/c10-7-1-6(3-12-4-7)8-2-9(11)14-5-13-8/h1-5H. The van der Waals surface area contributed by atoms with Crippen molar-refractivity contribution in [1.29, 1.82) is 0 Å². The minimum Gasteiger partial charge on any atom is -0.262 e. The van der Waals surface area contributed by atoms with E-state index >= 15 is 0 Å². The van der Waals surface area contributed by atoms with Crippen LogP contribution < -0.4 is 0 Å². The van der Waals surface area contributed by atoms with E-state index in [0.717, 1.165) is 5.56 Å². The Hall–Kier alpha value is -1.19. The average Bonchev–Trinajstić information content (AvgIpc) is 2.18. The SMILES string of the molecule is Clc1cncc(-c2cc(Cl)ncn2)c1. The quantitative estimate of drug-likeness (QED) is 0.701. The van der Waals surface area contributed by atoms with E-state index in [0.29, 0.717) is 15.9 Å². The van der Waals surface area contributed by atoms with Crippen LogP contribution in [0.2, 0.25) is 10.2 Å². The summed E-state index contributed by atoms with van der Waals surface area (Å²) in [4.78, 5) is 11.8. The van der Waals surface area contributed by atoms with E-state index in [9.17, 15) is 0 Å². The second-order valence-electron chi connectivity index (χ2n) is 2.62. The van der Waals surface area contributed by atoms with Gasteiger partial charge in [-0.25, -0.2) is 9.97 Å². The van der Waals surface area contributed by atoms with Gasteiger partial charge in [0.15, 0.2) is 0 Å². The lowest BCUT2D eigenvalue weighted by atomic mass is 10.2. The largest absolute Gasteiger partial charge is 0.262 e. The first kappa shape index (κ1) is 9.37. The number of hydrogen-bond acceptors (Lipinski definition) is 3. The topological polar surface area (TPSA) is 38.7 Å². The fraction of sp³-hybridized carbons (Fsp3) is 0. The summed E-state index contributed by atoms with van der Waals surface area (Å²) in [5.74, 6) is 0. The third kappa shape index (κ3) is 2.00. The van der Waals surface area contributed by atoms with Gasteiger partial charge in [-0.15, -0.1) is 0 Å². The molecule has 0 aliphatic heterocycles. The molecular formula is C9H5Cl2N3. The summed E-state index contributed by atoms with van der Waals surface area (Å²) in [7, 11) is 0. The highest BCUT2D eigenvalue weighted by atomic mass is 35.5. The first-order chi connectivity index (χ1) is 6.75. The fourth-order valence-electron chi connectivity index (χ4n) is 1.04. The summed E-state index contributed by atoms with van der Waals surface area (Å²) in [5.41, 5.74) is 1.53. The van der Waals surface area contributed by atoms with Crippen LogP contribution in [0.1, 0.15) is 0 Å². The lowest BCUT2D eigenvalue weighted by Crippen LogP contribution is -1.86. The Balaban J connectivity index is 2.49. The molecule has 2 heterocycles. The van der Waals surface area contributed by atoms with Gasteiger partial charge in [0.2, 0.25) is 0 Å². The van der Waals surface area contributed by atoms with Crippen LogP contribution in [0, 0.1) is 0 Å². The Morgan fingerprint density at radius 1 is 1.00 bits per heavy atom. The van der Waals surface area contributed by atoms with Gasteiger partial charge in [-0.1, -0.05) is 23.2 Å². The monoisotopic (exact) mass is 225 g/mol. The number of aromatic nitrogens is 3. The molecule has 5 heteroatoms. The van der Waals surface area contributed by atoms with E-state index in [4.69, 9.17) is 23.2 Å². The zero-order chi connectivity index (χ0) is 9.97. The van der Waals surface area contributed by atoms with Crippen LogP contribution in [-0.2, 0) is 0 Å². The second kappa shape index (κ2) is 3.90. The van der Waals surface area contributed by atoms with Gasteiger partial charge in [0, 0.05) is 24.0 Å². The van der Waals surface area contributed by atoms with Gasteiger partial charge < -0.3 is 0 Å². The Morgan fingerprint density at radius 3 is 2.57 bits per heavy atom. The predicted octanol–water partition coefficient (Wildman–Crippen LogP) is 2.85. The molecule has 3 nitrogen and oxygen atoms in total. The highest BCUT2D eigenvalue weighted by Gasteiger charge is 2.01. The maximum Gasteiger partial charge on any atom is 0.133 e. The number of hydrogen-bond donors (Lipinski definition) is 0. The maximum absolute atomic E-state index is 5.80. The molecule has 0 radical (unpaired) electrons. The maximum atomic E-state index is 5.80. The average molecular weight is 226 g/mol. The van der Waals surface area contributed by atoms with Crippen LogP contribution in [0.3, 0.4) is 0 Å². The summed E-state index contributed by atoms with van der Waals surface area (Å²) in [6.07, 6.45) is 4.64. The number of pyridine rings is 1. The van der Waals surface area contributed by atoms with Crippen molar-refractivity contribution in [3.05, 3.63) is 41.0 Å². The minimum absolute atomic E-state index is 0.398. The van der Waals surface area contributed by atoms with Gasteiger partial charge in [-0.2, -0.15) is 0 Å². The zero-order valence-electron chi connectivity index (χ0n) is 6.98. The van der Waals surface area contributed by atoms with Gasteiger partial charge in [0.1, 0.15) is 11.5 Å². The predicted molar refractivity (Wildman–Crippen MR) is 55.3 cm³/mol. The molecule has 70 valence electrons. The Kier molecular flexibility index (Phi) is 2.61. The van der Waals surface area contributed by atoms with Crippen molar-refractivity contribution in [2.45, 2.75) is 0 Å². The molecular weight excluding hydrogens is 221 g/mol. The normalized spacial score (nSPS) is 10.1. The third-order valence-electron chi connectivity index (χ3n) is 1.63. The lowest BCUT2D eigenvalue weighted by Gasteiger charge is -1.99. The number of rotatable bonds is 1. The van der Waals surface area contributed by atoms with E-state index in [1.54, 1.807) is 24.5 Å². The van der Waals surface area contributed by atoms with Crippen molar-refractivity contribution in [2.24, 2.45) is 0 Å². The van der Waals surface area contributed by atoms with Crippen molar-refractivity contribution in [1.82, 2.24) is 15.0 Å². The lowest BCUT2D eigenvalue weighted by molar-refractivity contribution is 1.17. The van der Waals surface area contributed by atoms with Crippen molar-refractivity contribution in [3.63, 3.8) is 0 Å².